The normalized spacial score (nSPS) is 11.5. The van der Waals surface area contributed by atoms with Crippen LogP contribution in [0.15, 0.2) is 58.6 Å². The van der Waals surface area contributed by atoms with Crippen molar-refractivity contribution in [1.29, 1.82) is 0 Å². The highest BCUT2D eigenvalue weighted by molar-refractivity contribution is 8.04. The van der Waals surface area contributed by atoms with Gasteiger partial charge in [0.25, 0.3) is 0 Å². The van der Waals surface area contributed by atoms with Gasteiger partial charge < -0.3 is 19.2 Å². The predicted molar refractivity (Wildman–Crippen MR) is 108 cm³/mol. The second-order valence-electron chi connectivity index (χ2n) is 5.70. The van der Waals surface area contributed by atoms with E-state index in [4.69, 9.17) is 16.3 Å². The first kappa shape index (κ1) is 20.0. The lowest BCUT2D eigenvalue weighted by Crippen LogP contribution is -2.23. The van der Waals surface area contributed by atoms with Crippen molar-refractivity contribution in [3.63, 3.8) is 0 Å². The third-order valence-corrected chi connectivity index (χ3v) is 5.20. The molecule has 0 aliphatic carbocycles. The molecule has 0 N–H and O–H groups in total. The average Bonchev–Trinajstić information content (AvgIpc) is 3.11. The number of carbonyl (C=O) groups is 1. The number of aliphatic carboxylic acids is 1. The number of carbonyl (C=O) groups excluding carboxylic acids is 1. The standard InChI is InChI=1S/C20H18ClN3O3S/c1-3-24-18(13-8-10-15(21)11-9-13)22-23-20(24)28-17(19(25)26)12-14-6-4-5-7-16(14)27-2/h4-12H,3H2,1-2H3,(H,25,26)/p-1/b17-12+. The Labute approximate surface area is 171 Å². The topological polar surface area (TPSA) is 80.1 Å². The largest absolute Gasteiger partial charge is 0.544 e. The Balaban J connectivity index is 1.97. The SMILES string of the molecule is CCn1c(S/C(=C/c2ccccc2OC)C(=O)[O-])nnc1-c1ccc(Cl)cc1. The van der Waals surface area contributed by atoms with E-state index in [9.17, 15) is 9.90 Å². The van der Waals surface area contributed by atoms with Crippen LogP contribution in [0.4, 0.5) is 0 Å². The van der Waals surface area contributed by atoms with Gasteiger partial charge in [0.1, 0.15) is 5.75 Å². The lowest BCUT2D eigenvalue weighted by Gasteiger charge is -2.11. The van der Waals surface area contributed by atoms with Crippen molar-refractivity contribution in [3.05, 3.63) is 64.0 Å². The number of hydrogen-bond acceptors (Lipinski definition) is 6. The van der Waals surface area contributed by atoms with E-state index in [1.807, 2.05) is 29.7 Å². The number of ether oxygens (including phenoxy) is 1. The summed E-state index contributed by atoms with van der Waals surface area (Å²) in [4.78, 5) is 11.7. The molecule has 0 fully saturated rings. The van der Waals surface area contributed by atoms with Crippen LogP contribution in [0, 0.1) is 0 Å². The van der Waals surface area contributed by atoms with Crippen molar-refractivity contribution in [3.8, 4) is 17.1 Å². The molecule has 0 bridgehead atoms. The van der Waals surface area contributed by atoms with Gasteiger partial charge in [-0.25, -0.2) is 0 Å². The molecule has 8 heteroatoms. The quantitative estimate of drug-likeness (QED) is 0.434. The molecule has 144 valence electrons. The van der Waals surface area contributed by atoms with E-state index < -0.39 is 5.97 Å². The number of carboxylic acids is 1. The number of carboxylic acid groups (broad SMARTS) is 1. The second kappa shape index (κ2) is 8.95. The summed E-state index contributed by atoms with van der Waals surface area (Å²) >= 11 is 6.93. The zero-order chi connectivity index (χ0) is 20.1. The van der Waals surface area contributed by atoms with Crippen LogP contribution in [-0.2, 0) is 11.3 Å². The number of para-hydroxylation sites is 1. The van der Waals surface area contributed by atoms with Crippen LogP contribution in [0.2, 0.25) is 5.02 Å². The third-order valence-electron chi connectivity index (χ3n) is 3.96. The Morgan fingerprint density at radius 3 is 2.57 bits per heavy atom. The van der Waals surface area contributed by atoms with E-state index in [1.165, 1.54) is 13.2 Å². The number of hydrogen-bond donors (Lipinski definition) is 0. The van der Waals surface area contributed by atoms with Gasteiger partial charge in [-0.3, -0.25) is 0 Å². The van der Waals surface area contributed by atoms with Gasteiger partial charge in [-0.1, -0.05) is 29.8 Å². The van der Waals surface area contributed by atoms with Crippen LogP contribution < -0.4 is 9.84 Å². The number of thioether (sulfide) groups is 1. The van der Waals surface area contributed by atoms with Crippen LogP contribution >= 0.6 is 23.4 Å². The summed E-state index contributed by atoms with van der Waals surface area (Å²) in [5.41, 5.74) is 1.48. The summed E-state index contributed by atoms with van der Waals surface area (Å²) in [7, 11) is 1.53. The molecule has 3 aromatic rings. The summed E-state index contributed by atoms with van der Waals surface area (Å²) < 4.78 is 7.12. The molecule has 1 aromatic heterocycles. The summed E-state index contributed by atoms with van der Waals surface area (Å²) in [6, 6.07) is 14.4. The van der Waals surface area contributed by atoms with Crippen molar-refractivity contribution in [2.24, 2.45) is 0 Å². The van der Waals surface area contributed by atoms with E-state index in [1.54, 1.807) is 30.3 Å². The Hall–Kier alpha value is -2.77. The molecule has 2 aromatic carbocycles. The molecular weight excluding hydrogens is 398 g/mol. The molecule has 0 atom stereocenters. The van der Waals surface area contributed by atoms with Gasteiger partial charge in [0.05, 0.1) is 13.1 Å². The molecule has 0 saturated heterocycles. The highest BCUT2D eigenvalue weighted by Crippen LogP contribution is 2.31. The molecule has 0 saturated carbocycles. The minimum atomic E-state index is -1.30. The Kier molecular flexibility index (Phi) is 6.38. The predicted octanol–water partition coefficient (Wildman–Crippen LogP) is 3.51. The van der Waals surface area contributed by atoms with Gasteiger partial charge in [0.15, 0.2) is 11.0 Å². The summed E-state index contributed by atoms with van der Waals surface area (Å²) in [6.07, 6.45) is 1.51. The zero-order valence-electron chi connectivity index (χ0n) is 15.3. The molecule has 6 nitrogen and oxygen atoms in total. The first-order valence-electron chi connectivity index (χ1n) is 8.46. The molecule has 0 amide bonds. The van der Waals surface area contributed by atoms with Gasteiger partial charge in [-0.15, -0.1) is 10.2 Å². The number of halogens is 1. The number of aromatic nitrogens is 3. The summed E-state index contributed by atoms with van der Waals surface area (Å²) in [5, 5.41) is 21.2. The first-order chi connectivity index (χ1) is 13.5. The maximum atomic E-state index is 11.7. The van der Waals surface area contributed by atoms with E-state index in [0.717, 1.165) is 17.3 Å². The van der Waals surface area contributed by atoms with Gasteiger partial charge in [0.2, 0.25) is 0 Å². The Bertz CT molecular complexity index is 1020. The average molecular weight is 415 g/mol. The molecule has 3 rings (SSSR count). The van der Waals surface area contributed by atoms with E-state index >= 15 is 0 Å². The summed E-state index contributed by atoms with van der Waals surface area (Å²) in [5.74, 6) is -0.0908. The molecule has 28 heavy (non-hydrogen) atoms. The first-order valence-corrected chi connectivity index (χ1v) is 9.66. The number of methoxy groups -OCH3 is 1. The van der Waals surface area contributed by atoms with Gasteiger partial charge in [-0.05, 0) is 55.1 Å². The highest BCUT2D eigenvalue weighted by Gasteiger charge is 2.16. The molecule has 1 heterocycles. The minimum absolute atomic E-state index is 0.00857. The van der Waals surface area contributed by atoms with Gasteiger partial charge in [-0.2, -0.15) is 0 Å². The maximum absolute atomic E-state index is 11.7. The maximum Gasteiger partial charge on any atom is 0.196 e. The van der Waals surface area contributed by atoms with Crippen molar-refractivity contribution < 1.29 is 14.6 Å². The fourth-order valence-corrected chi connectivity index (χ4v) is 3.62. The monoisotopic (exact) mass is 414 g/mol. The van der Waals surface area contributed by atoms with Crippen molar-refractivity contribution in [1.82, 2.24) is 14.8 Å². The van der Waals surface area contributed by atoms with Crippen LogP contribution in [0.1, 0.15) is 12.5 Å². The van der Waals surface area contributed by atoms with E-state index in [0.29, 0.717) is 33.9 Å². The van der Waals surface area contributed by atoms with E-state index in [-0.39, 0.29) is 4.91 Å². The van der Waals surface area contributed by atoms with Crippen LogP contribution in [-0.4, -0.2) is 27.8 Å². The Morgan fingerprint density at radius 2 is 1.93 bits per heavy atom. The Morgan fingerprint density at radius 1 is 1.21 bits per heavy atom. The second-order valence-corrected chi connectivity index (χ2v) is 7.14. The van der Waals surface area contributed by atoms with Crippen molar-refractivity contribution >= 4 is 35.4 Å². The van der Waals surface area contributed by atoms with Gasteiger partial charge in [0, 0.05) is 27.6 Å². The van der Waals surface area contributed by atoms with Crippen LogP contribution in [0.3, 0.4) is 0 Å². The molecule has 0 spiro atoms. The molecule has 0 aliphatic rings. The van der Waals surface area contributed by atoms with Crippen molar-refractivity contribution in [2.45, 2.75) is 18.6 Å². The third kappa shape index (κ3) is 4.37. The minimum Gasteiger partial charge on any atom is -0.544 e. The van der Waals surface area contributed by atoms with Crippen LogP contribution in [0.25, 0.3) is 17.5 Å². The van der Waals surface area contributed by atoms with E-state index in [2.05, 4.69) is 10.2 Å². The molecule has 0 unspecified atom stereocenters. The number of benzene rings is 2. The molecule has 0 aliphatic heterocycles. The fraction of sp³-hybridized carbons (Fsp3) is 0.150. The van der Waals surface area contributed by atoms with Gasteiger partial charge >= 0.3 is 0 Å². The lowest BCUT2D eigenvalue weighted by molar-refractivity contribution is -0.297. The number of rotatable bonds is 7. The highest BCUT2D eigenvalue weighted by atomic mass is 35.5. The zero-order valence-corrected chi connectivity index (χ0v) is 16.8. The fourth-order valence-electron chi connectivity index (χ4n) is 2.62. The smallest absolute Gasteiger partial charge is 0.196 e. The van der Waals surface area contributed by atoms with Crippen molar-refractivity contribution in [2.75, 3.05) is 7.11 Å². The van der Waals surface area contributed by atoms with Crippen LogP contribution in [0.5, 0.6) is 5.75 Å². The lowest BCUT2D eigenvalue weighted by atomic mass is 10.2. The summed E-state index contributed by atoms with van der Waals surface area (Å²) in [6.45, 7) is 2.51. The molecule has 0 radical (unpaired) electrons. The molecular formula is C20H17ClN3O3S-. The number of nitrogens with zero attached hydrogens (tertiary/aromatic N) is 3.